The Balaban J connectivity index is 1.72. The van der Waals surface area contributed by atoms with E-state index in [4.69, 9.17) is 9.72 Å². The molecule has 1 heterocycles. The van der Waals surface area contributed by atoms with E-state index in [0.29, 0.717) is 31.7 Å². The minimum absolute atomic E-state index is 0.124. The zero-order chi connectivity index (χ0) is 20.1. The second kappa shape index (κ2) is 8.74. The number of rotatable bonds is 8. The van der Waals surface area contributed by atoms with E-state index in [-0.39, 0.29) is 5.91 Å². The molecule has 0 spiro atoms. The van der Waals surface area contributed by atoms with Gasteiger partial charge in [-0.2, -0.15) is 0 Å². The van der Waals surface area contributed by atoms with Gasteiger partial charge >= 0.3 is 0 Å². The summed E-state index contributed by atoms with van der Waals surface area (Å²) < 4.78 is 8.21. The van der Waals surface area contributed by atoms with Crippen LogP contribution < -0.4 is 10.1 Å². The predicted octanol–water partition coefficient (Wildman–Crippen LogP) is 3.97. The monoisotopic (exact) mass is 377 g/mol. The number of ether oxygens (including phenoxy) is 1. The molecule has 0 aliphatic heterocycles. The van der Waals surface area contributed by atoms with E-state index in [1.165, 1.54) is 5.56 Å². The molecule has 0 aliphatic carbocycles. The van der Waals surface area contributed by atoms with Gasteiger partial charge in [-0.15, -0.1) is 0 Å². The summed E-state index contributed by atoms with van der Waals surface area (Å²) in [4.78, 5) is 16.5. The standard InChI is InChI=1S/C23H27N3O2/c1-16(2)23(27)24-12-11-22-25-19-7-5-6-8-20(19)26(22)13-14-28-21-15-17(3)9-10-18(21)4/h5-10,15H,1,11-14H2,2-4H3,(H,24,27). The summed E-state index contributed by atoms with van der Waals surface area (Å²) in [6, 6.07) is 14.3. The van der Waals surface area contributed by atoms with Gasteiger partial charge in [-0.05, 0) is 50.1 Å². The van der Waals surface area contributed by atoms with Crippen LogP contribution in [-0.4, -0.2) is 28.6 Å². The number of hydrogen-bond acceptors (Lipinski definition) is 3. The van der Waals surface area contributed by atoms with E-state index >= 15 is 0 Å². The molecule has 3 aromatic rings. The van der Waals surface area contributed by atoms with Crippen molar-refractivity contribution < 1.29 is 9.53 Å². The molecule has 0 radical (unpaired) electrons. The number of imidazole rings is 1. The lowest BCUT2D eigenvalue weighted by Gasteiger charge is -2.13. The van der Waals surface area contributed by atoms with Crippen molar-refractivity contribution in [1.82, 2.24) is 14.9 Å². The van der Waals surface area contributed by atoms with Gasteiger partial charge in [0.25, 0.3) is 0 Å². The molecule has 1 N–H and O–H groups in total. The quantitative estimate of drug-likeness (QED) is 0.605. The van der Waals surface area contributed by atoms with Crippen LogP contribution in [0.5, 0.6) is 5.75 Å². The van der Waals surface area contributed by atoms with E-state index < -0.39 is 0 Å². The number of nitrogens with zero attached hydrogens (tertiary/aromatic N) is 2. The molecule has 2 aromatic carbocycles. The number of nitrogens with one attached hydrogen (secondary N) is 1. The van der Waals surface area contributed by atoms with Crippen LogP contribution in [0.2, 0.25) is 0 Å². The van der Waals surface area contributed by atoms with Gasteiger partial charge in [0.1, 0.15) is 18.2 Å². The van der Waals surface area contributed by atoms with Crippen molar-refractivity contribution in [3.05, 3.63) is 71.6 Å². The Morgan fingerprint density at radius 1 is 1.21 bits per heavy atom. The molecule has 28 heavy (non-hydrogen) atoms. The van der Waals surface area contributed by atoms with Crippen molar-refractivity contribution in [3.8, 4) is 5.75 Å². The number of carbonyl (C=O) groups is 1. The molecule has 5 nitrogen and oxygen atoms in total. The third-order valence-electron chi connectivity index (χ3n) is 4.67. The Morgan fingerprint density at radius 3 is 2.79 bits per heavy atom. The third-order valence-corrected chi connectivity index (χ3v) is 4.67. The molecule has 146 valence electrons. The predicted molar refractivity (Wildman–Crippen MR) is 113 cm³/mol. The average Bonchev–Trinajstić information content (AvgIpc) is 3.02. The van der Waals surface area contributed by atoms with Crippen LogP contribution in [0.3, 0.4) is 0 Å². The normalized spacial score (nSPS) is 10.8. The van der Waals surface area contributed by atoms with E-state index in [9.17, 15) is 4.79 Å². The number of hydrogen-bond donors (Lipinski definition) is 1. The first-order chi connectivity index (χ1) is 13.5. The summed E-state index contributed by atoms with van der Waals surface area (Å²) in [6.45, 7) is 11.2. The number of carbonyl (C=O) groups excluding carboxylic acids is 1. The third kappa shape index (κ3) is 4.60. The summed E-state index contributed by atoms with van der Waals surface area (Å²) in [6.07, 6.45) is 0.650. The number of aromatic nitrogens is 2. The fourth-order valence-corrected chi connectivity index (χ4v) is 3.11. The lowest BCUT2D eigenvalue weighted by Crippen LogP contribution is -2.27. The van der Waals surface area contributed by atoms with Crippen molar-refractivity contribution in [2.24, 2.45) is 0 Å². The number of aryl methyl sites for hydroxylation is 2. The van der Waals surface area contributed by atoms with Crippen LogP contribution in [0.4, 0.5) is 0 Å². The van der Waals surface area contributed by atoms with Crippen LogP contribution in [0.25, 0.3) is 11.0 Å². The zero-order valence-corrected chi connectivity index (χ0v) is 16.8. The zero-order valence-electron chi connectivity index (χ0n) is 16.8. The summed E-state index contributed by atoms with van der Waals surface area (Å²) in [5.74, 6) is 1.73. The molecule has 3 rings (SSSR count). The van der Waals surface area contributed by atoms with Gasteiger partial charge in [-0.1, -0.05) is 30.8 Å². The largest absolute Gasteiger partial charge is 0.491 e. The van der Waals surface area contributed by atoms with Crippen LogP contribution in [0, 0.1) is 13.8 Å². The van der Waals surface area contributed by atoms with Crippen molar-refractivity contribution in [1.29, 1.82) is 0 Å². The topological polar surface area (TPSA) is 56.2 Å². The summed E-state index contributed by atoms with van der Waals surface area (Å²) >= 11 is 0. The van der Waals surface area contributed by atoms with Crippen molar-refractivity contribution in [2.75, 3.05) is 13.2 Å². The molecule has 0 bridgehead atoms. The molecule has 5 heteroatoms. The van der Waals surface area contributed by atoms with E-state index in [1.54, 1.807) is 6.92 Å². The second-order valence-electron chi connectivity index (χ2n) is 7.07. The minimum Gasteiger partial charge on any atom is -0.491 e. The maximum Gasteiger partial charge on any atom is 0.246 e. The van der Waals surface area contributed by atoms with Crippen molar-refractivity contribution >= 4 is 16.9 Å². The molecule has 0 fully saturated rings. The molecule has 0 unspecified atom stereocenters. The first kappa shape index (κ1) is 19.7. The number of amides is 1. The van der Waals surface area contributed by atoms with E-state index in [1.807, 2.05) is 18.2 Å². The van der Waals surface area contributed by atoms with Crippen LogP contribution in [0.1, 0.15) is 23.9 Å². The maximum atomic E-state index is 11.7. The van der Waals surface area contributed by atoms with Gasteiger partial charge in [0, 0.05) is 18.5 Å². The van der Waals surface area contributed by atoms with Gasteiger partial charge in [-0.25, -0.2) is 4.98 Å². The molecular formula is C23H27N3O2. The lowest BCUT2D eigenvalue weighted by molar-refractivity contribution is -0.117. The van der Waals surface area contributed by atoms with E-state index in [0.717, 1.165) is 28.2 Å². The van der Waals surface area contributed by atoms with E-state index in [2.05, 4.69) is 54.6 Å². The highest BCUT2D eigenvalue weighted by Crippen LogP contribution is 2.20. The molecule has 1 amide bonds. The van der Waals surface area contributed by atoms with Crippen LogP contribution in [0.15, 0.2) is 54.6 Å². The highest BCUT2D eigenvalue weighted by molar-refractivity contribution is 5.92. The SMILES string of the molecule is C=C(C)C(=O)NCCc1nc2ccccc2n1CCOc1cc(C)ccc1C. The fraction of sp³-hybridized carbons (Fsp3) is 0.304. The smallest absolute Gasteiger partial charge is 0.246 e. The minimum atomic E-state index is -0.124. The number of benzene rings is 2. The Morgan fingerprint density at radius 2 is 2.00 bits per heavy atom. The Kier molecular flexibility index (Phi) is 6.14. The van der Waals surface area contributed by atoms with Gasteiger partial charge in [-0.3, -0.25) is 4.79 Å². The fourth-order valence-electron chi connectivity index (χ4n) is 3.11. The number of fused-ring (bicyclic) bond motifs is 1. The number of para-hydroxylation sites is 2. The maximum absolute atomic E-state index is 11.7. The Hall–Kier alpha value is -3.08. The van der Waals surface area contributed by atoms with Crippen molar-refractivity contribution in [3.63, 3.8) is 0 Å². The summed E-state index contributed by atoms with van der Waals surface area (Å²) in [7, 11) is 0. The molecular weight excluding hydrogens is 350 g/mol. The Labute approximate surface area is 166 Å². The molecule has 0 atom stereocenters. The van der Waals surface area contributed by atoms with Gasteiger partial charge in [0.05, 0.1) is 17.6 Å². The van der Waals surface area contributed by atoms with Gasteiger partial charge < -0.3 is 14.6 Å². The molecule has 0 aliphatic rings. The summed E-state index contributed by atoms with van der Waals surface area (Å²) in [5, 5.41) is 2.87. The molecule has 1 aromatic heterocycles. The highest BCUT2D eigenvalue weighted by Gasteiger charge is 2.11. The molecule has 0 saturated carbocycles. The first-order valence-electron chi connectivity index (χ1n) is 9.53. The first-order valence-corrected chi connectivity index (χ1v) is 9.53. The summed E-state index contributed by atoms with van der Waals surface area (Å²) in [5.41, 5.74) is 4.85. The highest BCUT2D eigenvalue weighted by atomic mass is 16.5. The van der Waals surface area contributed by atoms with Gasteiger partial charge in [0.15, 0.2) is 0 Å². The van der Waals surface area contributed by atoms with Crippen molar-refractivity contribution in [2.45, 2.75) is 33.7 Å². The Bertz CT molecular complexity index is 1000. The van der Waals surface area contributed by atoms with Crippen LogP contribution in [-0.2, 0) is 17.8 Å². The van der Waals surface area contributed by atoms with Gasteiger partial charge in [0.2, 0.25) is 5.91 Å². The van der Waals surface area contributed by atoms with Crippen LogP contribution >= 0.6 is 0 Å². The second-order valence-corrected chi connectivity index (χ2v) is 7.07. The lowest BCUT2D eigenvalue weighted by atomic mass is 10.1. The average molecular weight is 377 g/mol. The molecule has 0 saturated heterocycles.